The van der Waals surface area contributed by atoms with Crippen molar-refractivity contribution in [1.82, 2.24) is 14.9 Å². The highest BCUT2D eigenvalue weighted by atomic mass is 32.2. The van der Waals surface area contributed by atoms with Gasteiger partial charge in [0.1, 0.15) is 12.4 Å². The third-order valence-electron chi connectivity index (χ3n) is 3.67. The van der Waals surface area contributed by atoms with Gasteiger partial charge in [-0.3, -0.25) is 0 Å². The molecule has 0 radical (unpaired) electrons. The van der Waals surface area contributed by atoms with Gasteiger partial charge in [0, 0.05) is 19.1 Å². The lowest BCUT2D eigenvalue weighted by Gasteiger charge is -2.32. The number of alkyl halides is 3. The summed E-state index contributed by atoms with van der Waals surface area (Å²) >= 11 is 0. The van der Waals surface area contributed by atoms with Crippen molar-refractivity contribution >= 4 is 16.1 Å². The Morgan fingerprint density at radius 1 is 1.16 bits per heavy atom. The largest absolute Gasteiger partial charge is 0.405 e. The number of sulfonamides is 1. The van der Waals surface area contributed by atoms with Gasteiger partial charge in [-0.2, -0.15) is 13.2 Å². The number of piperidine rings is 1. The van der Waals surface area contributed by atoms with Crippen molar-refractivity contribution < 1.29 is 30.8 Å². The molecule has 2 amide bonds. The fourth-order valence-corrected chi connectivity index (χ4v) is 3.69. The predicted octanol–water partition coefficient (Wildman–Crippen LogP) is 1.84. The van der Waals surface area contributed by atoms with Crippen LogP contribution in [0.5, 0.6) is 0 Å². The predicted molar refractivity (Wildman–Crippen MR) is 80.8 cm³/mol. The zero-order valence-corrected chi connectivity index (χ0v) is 13.8. The van der Waals surface area contributed by atoms with Crippen molar-refractivity contribution in [2.45, 2.75) is 30.0 Å². The lowest BCUT2D eigenvalue weighted by molar-refractivity contribution is -0.123. The Morgan fingerprint density at radius 2 is 1.72 bits per heavy atom. The van der Waals surface area contributed by atoms with Gasteiger partial charge in [0.2, 0.25) is 10.0 Å². The van der Waals surface area contributed by atoms with Crippen LogP contribution in [0.3, 0.4) is 0 Å². The summed E-state index contributed by atoms with van der Waals surface area (Å²) in [7, 11) is -3.83. The van der Waals surface area contributed by atoms with Crippen molar-refractivity contribution in [3.05, 3.63) is 30.1 Å². The number of nitrogens with one attached hydrogen (secondary N) is 2. The molecule has 1 heterocycles. The van der Waals surface area contributed by atoms with E-state index in [1.807, 2.05) is 0 Å². The molecular formula is C14H17F4N3O3S. The number of carbonyl (C=O) groups excluding carboxylic acids is 1. The van der Waals surface area contributed by atoms with Gasteiger partial charge in [-0.25, -0.2) is 22.3 Å². The molecule has 2 rings (SSSR count). The fraction of sp³-hybridized carbons (Fsp3) is 0.500. The minimum atomic E-state index is -4.49. The van der Waals surface area contributed by atoms with E-state index in [1.54, 1.807) is 5.32 Å². The lowest BCUT2D eigenvalue weighted by atomic mass is 10.1. The molecule has 6 nitrogen and oxygen atoms in total. The molecule has 11 heteroatoms. The molecule has 1 aromatic carbocycles. The molecule has 0 bridgehead atoms. The first-order valence-electron chi connectivity index (χ1n) is 7.44. The summed E-state index contributed by atoms with van der Waals surface area (Å²) in [5, 5.41) is 1.77. The summed E-state index contributed by atoms with van der Waals surface area (Å²) < 4.78 is 75.9. The fourth-order valence-electron chi connectivity index (χ4n) is 2.39. The van der Waals surface area contributed by atoms with E-state index in [2.05, 4.69) is 4.72 Å². The van der Waals surface area contributed by atoms with Crippen LogP contribution in [0.25, 0.3) is 0 Å². The molecule has 1 aliphatic heterocycles. The van der Waals surface area contributed by atoms with Gasteiger partial charge in [-0.05, 0) is 37.1 Å². The number of benzene rings is 1. The number of hydrogen-bond acceptors (Lipinski definition) is 3. The molecule has 0 saturated carbocycles. The van der Waals surface area contributed by atoms with E-state index in [0.29, 0.717) is 0 Å². The van der Waals surface area contributed by atoms with Crippen molar-refractivity contribution in [3.8, 4) is 0 Å². The maximum atomic E-state index is 12.9. The highest BCUT2D eigenvalue weighted by Gasteiger charge is 2.31. The first-order chi connectivity index (χ1) is 11.6. The van der Waals surface area contributed by atoms with E-state index in [0.717, 1.165) is 24.3 Å². The van der Waals surface area contributed by atoms with Crippen molar-refractivity contribution in [2.24, 2.45) is 0 Å². The van der Waals surface area contributed by atoms with Gasteiger partial charge in [0.05, 0.1) is 4.90 Å². The zero-order valence-electron chi connectivity index (χ0n) is 13.0. The Kier molecular flexibility index (Phi) is 5.88. The zero-order chi connectivity index (χ0) is 18.7. The molecule has 0 unspecified atom stereocenters. The number of urea groups is 1. The molecule has 1 fully saturated rings. The molecule has 140 valence electrons. The van der Waals surface area contributed by atoms with Gasteiger partial charge in [-0.15, -0.1) is 0 Å². The van der Waals surface area contributed by atoms with Crippen LogP contribution in [0, 0.1) is 5.82 Å². The van der Waals surface area contributed by atoms with Crippen LogP contribution in [-0.2, 0) is 10.0 Å². The Hall–Kier alpha value is -1.88. The van der Waals surface area contributed by atoms with Crippen LogP contribution in [0.1, 0.15) is 12.8 Å². The topological polar surface area (TPSA) is 78.5 Å². The maximum Gasteiger partial charge on any atom is 0.405 e. The highest BCUT2D eigenvalue weighted by Crippen LogP contribution is 2.16. The summed E-state index contributed by atoms with van der Waals surface area (Å²) in [5.74, 6) is -0.558. The smallest absolute Gasteiger partial charge is 0.329 e. The normalized spacial score (nSPS) is 16.7. The molecule has 1 saturated heterocycles. The van der Waals surface area contributed by atoms with Crippen LogP contribution in [-0.4, -0.2) is 51.2 Å². The van der Waals surface area contributed by atoms with Crippen LogP contribution in [0.4, 0.5) is 22.4 Å². The number of rotatable bonds is 4. The van der Waals surface area contributed by atoms with Gasteiger partial charge < -0.3 is 10.2 Å². The summed E-state index contributed by atoms with van der Waals surface area (Å²) in [4.78, 5) is 12.7. The van der Waals surface area contributed by atoms with Gasteiger partial charge in [0.25, 0.3) is 0 Å². The SMILES string of the molecule is O=C(NCC(F)(F)F)N1CCC(NS(=O)(=O)c2ccc(F)cc2)CC1. The average Bonchev–Trinajstić information content (AvgIpc) is 2.52. The van der Waals surface area contributed by atoms with Crippen molar-refractivity contribution in [2.75, 3.05) is 19.6 Å². The molecule has 0 aromatic heterocycles. The lowest BCUT2D eigenvalue weighted by Crippen LogP contribution is -2.50. The molecule has 2 N–H and O–H groups in total. The monoisotopic (exact) mass is 383 g/mol. The van der Waals surface area contributed by atoms with E-state index in [4.69, 9.17) is 0 Å². The number of hydrogen-bond donors (Lipinski definition) is 2. The van der Waals surface area contributed by atoms with Crippen molar-refractivity contribution in [1.29, 1.82) is 0 Å². The Bertz CT molecular complexity index is 699. The molecule has 0 atom stereocenters. The summed E-state index contributed by atoms with van der Waals surface area (Å²) in [5.41, 5.74) is 0. The standard InChI is InChI=1S/C14H17F4N3O3S/c15-10-1-3-12(4-2-10)25(23,24)20-11-5-7-21(8-6-11)13(22)19-9-14(16,17)18/h1-4,11,20H,5-9H2,(H,19,22). The first kappa shape index (κ1) is 19.4. The number of halogens is 4. The highest BCUT2D eigenvalue weighted by molar-refractivity contribution is 7.89. The third-order valence-corrected chi connectivity index (χ3v) is 5.20. The Morgan fingerprint density at radius 3 is 2.24 bits per heavy atom. The number of likely N-dealkylation sites (tertiary alicyclic amines) is 1. The second-order valence-corrected chi connectivity index (χ2v) is 7.32. The quantitative estimate of drug-likeness (QED) is 0.779. The summed E-state index contributed by atoms with van der Waals surface area (Å²) in [6.07, 6.45) is -3.96. The van der Waals surface area contributed by atoms with E-state index < -0.39 is 40.6 Å². The average molecular weight is 383 g/mol. The molecule has 1 aromatic rings. The van der Waals surface area contributed by atoms with Gasteiger partial charge in [-0.1, -0.05) is 0 Å². The van der Waals surface area contributed by atoms with Crippen molar-refractivity contribution in [3.63, 3.8) is 0 Å². The molecule has 0 spiro atoms. The van der Waals surface area contributed by atoms with E-state index >= 15 is 0 Å². The molecular weight excluding hydrogens is 366 g/mol. The third kappa shape index (κ3) is 5.85. The van der Waals surface area contributed by atoms with Gasteiger partial charge in [0.15, 0.2) is 0 Å². The Labute approximate surface area is 142 Å². The van der Waals surface area contributed by atoms with Crippen LogP contribution < -0.4 is 10.0 Å². The maximum absolute atomic E-state index is 12.9. The molecule has 25 heavy (non-hydrogen) atoms. The molecule has 1 aliphatic rings. The second-order valence-electron chi connectivity index (χ2n) is 5.61. The Balaban J connectivity index is 1.85. The van der Waals surface area contributed by atoms with Crippen LogP contribution in [0.15, 0.2) is 29.2 Å². The summed E-state index contributed by atoms with van der Waals surface area (Å²) in [6.45, 7) is -1.16. The van der Waals surface area contributed by atoms with Crippen LogP contribution in [0.2, 0.25) is 0 Å². The number of carbonyl (C=O) groups is 1. The number of amides is 2. The summed E-state index contributed by atoms with van der Waals surface area (Å²) in [6, 6.07) is 3.04. The van der Waals surface area contributed by atoms with E-state index in [-0.39, 0.29) is 30.8 Å². The second kappa shape index (κ2) is 7.56. The molecule has 0 aliphatic carbocycles. The minimum absolute atomic E-state index is 0.0840. The number of nitrogens with zero attached hydrogens (tertiary/aromatic N) is 1. The van der Waals surface area contributed by atoms with E-state index in [9.17, 15) is 30.8 Å². The first-order valence-corrected chi connectivity index (χ1v) is 8.92. The van der Waals surface area contributed by atoms with Crippen LogP contribution >= 0.6 is 0 Å². The van der Waals surface area contributed by atoms with Gasteiger partial charge >= 0.3 is 12.2 Å². The van der Waals surface area contributed by atoms with E-state index in [1.165, 1.54) is 4.90 Å². The minimum Gasteiger partial charge on any atom is -0.329 e.